The van der Waals surface area contributed by atoms with Gasteiger partial charge >= 0.3 is 0 Å². The molecule has 0 aliphatic carbocycles. The molecule has 4 aromatic rings. The summed E-state index contributed by atoms with van der Waals surface area (Å²) < 4.78 is 38.4. The summed E-state index contributed by atoms with van der Waals surface area (Å²) >= 11 is 0. The number of hydrogen-bond donors (Lipinski definition) is 1. The van der Waals surface area contributed by atoms with Crippen LogP contribution in [0.5, 0.6) is 5.75 Å². The number of benzene rings is 2. The zero-order valence-corrected chi connectivity index (χ0v) is 18.2. The van der Waals surface area contributed by atoms with Gasteiger partial charge in [0.1, 0.15) is 11.5 Å². The van der Waals surface area contributed by atoms with Crippen LogP contribution in [0.15, 0.2) is 81.0 Å². The second-order valence-electron chi connectivity index (χ2n) is 7.18. The minimum absolute atomic E-state index is 0.169. The molecule has 0 fully saturated rings. The van der Waals surface area contributed by atoms with Crippen LogP contribution < -0.4 is 10.3 Å². The molecular formula is C22H19N3O7S. The van der Waals surface area contributed by atoms with Gasteiger partial charge in [-0.3, -0.25) is 14.9 Å². The summed E-state index contributed by atoms with van der Waals surface area (Å²) in [6.45, 7) is -0.443. The van der Waals surface area contributed by atoms with E-state index in [2.05, 4.69) is 4.98 Å². The Bertz CT molecular complexity index is 1480. The van der Waals surface area contributed by atoms with Gasteiger partial charge in [0.2, 0.25) is 10.0 Å². The number of ether oxygens (including phenoxy) is 1. The third-order valence-corrected chi connectivity index (χ3v) is 6.84. The predicted molar refractivity (Wildman–Crippen MR) is 119 cm³/mol. The van der Waals surface area contributed by atoms with Crippen molar-refractivity contribution in [3.63, 3.8) is 0 Å². The number of nitro groups is 1. The van der Waals surface area contributed by atoms with E-state index in [9.17, 15) is 23.3 Å². The van der Waals surface area contributed by atoms with E-state index in [1.54, 1.807) is 36.4 Å². The Kier molecular flexibility index (Phi) is 5.99. The molecular weight excluding hydrogens is 450 g/mol. The molecule has 2 heterocycles. The van der Waals surface area contributed by atoms with Gasteiger partial charge in [-0.1, -0.05) is 6.07 Å². The van der Waals surface area contributed by atoms with Gasteiger partial charge in [0, 0.05) is 30.3 Å². The number of aromatic amines is 1. The molecule has 0 saturated heterocycles. The third kappa shape index (κ3) is 4.64. The number of nitrogens with zero attached hydrogens (tertiary/aromatic N) is 2. The number of methoxy groups -OCH3 is 1. The Labute approximate surface area is 188 Å². The van der Waals surface area contributed by atoms with Crippen LogP contribution in [0.4, 0.5) is 5.69 Å². The molecule has 0 aliphatic rings. The Hall–Kier alpha value is -3.96. The summed E-state index contributed by atoms with van der Waals surface area (Å²) in [6, 6.07) is 14.7. The molecule has 4 rings (SSSR count). The number of non-ortho nitro benzene ring substituents is 1. The number of sulfonamides is 1. The first kappa shape index (κ1) is 22.2. The van der Waals surface area contributed by atoms with E-state index in [-0.39, 0.29) is 29.2 Å². The number of rotatable bonds is 8. The van der Waals surface area contributed by atoms with Gasteiger partial charge in [0.15, 0.2) is 0 Å². The molecule has 0 atom stereocenters. The first-order valence-electron chi connectivity index (χ1n) is 9.75. The van der Waals surface area contributed by atoms with Crippen LogP contribution in [0.2, 0.25) is 0 Å². The highest BCUT2D eigenvalue weighted by Gasteiger charge is 2.28. The highest BCUT2D eigenvalue weighted by Crippen LogP contribution is 2.25. The molecule has 33 heavy (non-hydrogen) atoms. The number of aromatic nitrogens is 1. The van der Waals surface area contributed by atoms with Gasteiger partial charge in [0.05, 0.1) is 35.3 Å². The average molecular weight is 469 g/mol. The van der Waals surface area contributed by atoms with E-state index in [1.165, 1.54) is 31.6 Å². The van der Waals surface area contributed by atoms with Gasteiger partial charge < -0.3 is 14.1 Å². The maximum atomic E-state index is 13.4. The summed E-state index contributed by atoms with van der Waals surface area (Å²) in [6.07, 6.45) is 1.41. The van der Waals surface area contributed by atoms with Crippen molar-refractivity contribution in [3.8, 4) is 5.75 Å². The van der Waals surface area contributed by atoms with E-state index < -0.39 is 20.5 Å². The lowest BCUT2D eigenvalue weighted by Crippen LogP contribution is -2.32. The van der Waals surface area contributed by atoms with Gasteiger partial charge in [-0.15, -0.1) is 0 Å². The number of furan rings is 1. The number of nitro benzene ring substituents is 1. The van der Waals surface area contributed by atoms with Crippen molar-refractivity contribution in [2.75, 3.05) is 7.11 Å². The van der Waals surface area contributed by atoms with Crippen molar-refractivity contribution in [1.82, 2.24) is 9.29 Å². The van der Waals surface area contributed by atoms with Crippen LogP contribution in [0, 0.1) is 10.1 Å². The zero-order valence-electron chi connectivity index (χ0n) is 17.4. The van der Waals surface area contributed by atoms with E-state index in [0.717, 1.165) is 10.4 Å². The van der Waals surface area contributed by atoms with Crippen molar-refractivity contribution >= 4 is 26.6 Å². The Balaban J connectivity index is 1.77. The maximum Gasteiger partial charge on any atom is 0.270 e. The van der Waals surface area contributed by atoms with Crippen LogP contribution in [-0.4, -0.2) is 29.7 Å². The molecule has 1 N–H and O–H groups in total. The lowest BCUT2D eigenvalue weighted by Gasteiger charge is -2.21. The third-order valence-electron chi connectivity index (χ3n) is 5.06. The predicted octanol–water partition coefficient (Wildman–Crippen LogP) is 3.43. The average Bonchev–Trinajstić information content (AvgIpc) is 3.32. The van der Waals surface area contributed by atoms with Crippen LogP contribution in [0.1, 0.15) is 11.3 Å². The summed E-state index contributed by atoms with van der Waals surface area (Å²) in [7, 11) is -2.70. The van der Waals surface area contributed by atoms with E-state index in [4.69, 9.17) is 9.15 Å². The lowest BCUT2D eigenvalue weighted by atomic mass is 10.1. The fourth-order valence-electron chi connectivity index (χ4n) is 3.37. The van der Waals surface area contributed by atoms with E-state index >= 15 is 0 Å². The molecule has 10 nitrogen and oxygen atoms in total. The summed E-state index contributed by atoms with van der Waals surface area (Å²) in [5.74, 6) is 0.921. The molecule has 0 saturated carbocycles. The molecule has 0 aliphatic heterocycles. The molecule has 0 unspecified atom stereocenters. The standard InChI is InChI=1S/C22H19N3O7S/c1-31-18-8-7-15-10-16(22(26)23-21(15)12-18)13-24(14-19-5-3-9-32-19)33(29,30)20-6-2-4-17(11-20)25(27)28/h2-12H,13-14H2,1H3,(H,23,26). The van der Waals surface area contributed by atoms with Crippen molar-refractivity contribution in [2.24, 2.45) is 0 Å². The highest BCUT2D eigenvalue weighted by molar-refractivity contribution is 7.89. The van der Waals surface area contributed by atoms with Gasteiger partial charge in [-0.25, -0.2) is 8.42 Å². The van der Waals surface area contributed by atoms with Gasteiger partial charge in [-0.2, -0.15) is 4.31 Å². The van der Waals surface area contributed by atoms with Crippen LogP contribution in [-0.2, 0) is 23.1 Å². The Morgan fingerprint density at radius 1 is 1.09 bits per heavy atom. The Morgan fingerprint density at radius 2 is 1.91 bits per heavy atom. The molecule has 0 amide bonds. The molecule has 11 heteroatoms. The highest BCUT2D eigenvalue weighted by atomic mass is 32.2. The van der Waals surface area contributed by atoms with Gasteiger partial charge in [0.25, 0.3) is 11.2 Å². The van der Waals surface area contributed by atoms with Crippen molar-refractivity contribution in [2.45, 2.75) is 18.0 Å². The molecule has 170 valence electrons. The summed E-state index contributed by atoms with van der Waals surface area (Å²) in [5.41, 5.74) is -0.0728. The molecule has 2 aromatic carbocycles. The fourth-order valence-corrected chi connectivity index (χ4v) is 4.79. The Morgan fingerprint density at radius 3 is 2.61 bits per heavy atom. The quantitative estimate of drug-likeness (QED) is 0.308. The smallest absolute Gasteiger partial charge is 0.270 e. The number of hydrogen-bond acceptors (Lipinski definition) is 7. The number of nitrogens with one attached hydrogen (secondary N) is 1. The monoisotopic (exact) mass is 469 g/mol. The van der Waals surface area contributed by atoms with Crippen molar-refractivity contribution in [3.05, 3.63) is 98.7 Å². The number of fused-ring (bicyclic) bond motifs is 1. The van der Waals surface area contributed by atoms with Crippen molar-refractivity contribution < 1.29 is 22.5 Å². The minimum Gasteiger partial charge on any atom is -0.497 e. The first-order valence-corrected chi connectivity index (χ1v) is 11.2. The van der Waals surface area contributed by atoms with Crippen LogP contribution >= 0.6 is 0 Å². The van der Waals surface area contributed by atoms with Crippen LogP contribution in [0.25, 0.3) is 10.9 Å². The zero-order chi connectivity index (χ0) is 23.6. The SMILES string of the molecule is COc1ccc2cc(CN(Cc3ccco3)S(=O)(=O)c3cccc([N+](=O)[O-])c3)c(=O)[nH]c2c1. The second kappa shape index (κ2) is 8.88. The van der Waals surface area contributed by atoms with Crippen molar-refractivity contribution in [1.29, 1.82) is 0 Å². The minimum atomic E-state index is -4.22. The van der Waals surface area contributed by atoms with Crippen LogP contribution in [0.3, 0.4) is 0 Å². The fraction of sp³-hybridized carbons (Fsp3) is 0.136. The number of H-pyrrole nitrogens is 1. The van der Waals surface area contributed by atoms with E-state index in [1.807, 2.05) is 0 Å². The topological polar surface area (TPSA) is 136 Å². The number of pyridine rings is 1. The molecule has 2 aromatic heterocycles. The maximum absolute atomic E-state index is 13.4. The molecule has 0 spiro atoms. The van der Waals surface area contributed by atoms with Gasteiger partial charge in [-0.05, 0) is 41.8 Å². The molecule has 0 radical (unpaired) electrons. The van der Waals surface area contributed by atoms with E-state index in [0.29, 0.717) is 22.4 Å². The summed E-state index contributed by atoms with van der Waals surface area (Å²) in [4.78, 5) is 25.7. The first-order chi connectivity index (χ1) is 15.8. The molecule has 0 bridgehead atoms. The normalized spacial score (nSPS) is 11.7. The summed E-state index contributed by atoms with van der Waals surface area (Å²) in [5, 5.41) is 11.8. The second-order valence-corrected chi connectivity index (χ2v) is 9.12. The lowest BCUT2D eigenvalue weighted by molar-refractivity contribution is -0.385. The largest absolute Gasteiger partial charge is 0.497 e.